The second-order valence-corrected chi connectivity index (χ2v) is 4.71. The minimum absolute atomic E-state index is 0.332. The van der Waals surface area contributed by atoms with Gasteiger partial charge in [-0.25, -0.2) is 5.43 Å². The molecule has 22 heavy (non-hydrogen) atoms. The molecule has 0 aliphatic carbocycles. The third kappa shape index (κ3) is 4.38. The van der Waals surface area contributed by atoms with E-state index in [2.05, 4.69) is 24.4 Å². The average molecular weight is 308 g/mol. The lowest BCUT2D eigenvalue weighted by Gasteiger charge is -2.13. The molecule has 0 bridgehead atoms. The van der Waals surface area contributed by atoms with Crippen LogP contribution in [0.1, 0.15) is 37.0 Å². The summed E-state index contributed by atoms with van der Waals surface area (Å²) in [5.74, 6) is 1.33. The molecule has 0 aliphatic rings. The highest BCUT2D eigenvalue weighted by atomic mass is 16.5. The minimum atomic E-state index is -0.332. The van der Waals surface area contributed by atoms with Crippen molar-refractivity contribution in [2.45, 2.75) is 26.7 Å². The molecule has 0 fully saturated rings. The van der Waals surface area contributed by atoms with E-state index in [0.29, 0.717) is 28.7 Å². The molecule has 1 amide bonds. The number of ether oxygens (including phenoxy) is 3. The lowest BCUT2D eigenvalue weighted by atomic mass is 10.1. The van der Waals surface area contributed by atoms with Gasteiger partial charge in [0.1, 0.15) is 0 Å². The second-order valence-electron chi connectivity index (χ2n) is 4.71. The summed E-state index contributed by atoms with van der Waals surface area (Å²) in [5, 5.41) is 4.01. The highest BCUT2D eigenvalue weighted by Gasteiger charge is 2.16. The number of benzene rings is 1. The topological polar surface area (TPSA) is 69.2 Å². The molecule has 0 heterocycles. The van der Waals surface area contributed by atoms with Crippen LogP contribution in [0.25, 0.3) is 0 Å². The van der Waals surface area contributed by atoms with E-state index in [-0.39, 0.29) is 5.91 Å². The lowest BCUT2D eigenvalue weighted by Crippen LogP contribution is -2.18. The summed E-state index contributed by atoms with van der Waals surface area (Å²) in [7, 11) is 4.52. The van der Waals surface area contributed by atoms with E-state index in [4.69, 9.17) is 14.2 Å². The summed E-state index contributed by atoms with van der Waals surface area (Å²) >= 11 is 0. The van der Waals surface area contributed by atoms with Gasteiger partial charge >= 0.3 is 0 Å². The molecule has 6 nitrogen and oxygen atoms in total. The number of hydrazone groups is 1. The van der Waals surface area contributed by atoms with Crippen molar-refractivity contribution in [2.75, 3.05) is 21.3 Å². The molecule has 0 spiro atoms. The van der Waals surface area contributed by atoms with E-state index >= 15 is 0 Å². The van der Waals surface area contributed by atoms with Crippen molar-refractivity contribution in [3.63, 3.8) is 0 Å². The van der Waals surface area contributed by atoms with Crippen molar-refractivity contribution in [1.82, 2.24) is 5.43 Å². The molecule has 0 atom stereocenters. The zero-order valence-electron chi connectivity index (χ0n) is 13.8. The molecule has 122 valence electrons. The molecule has 1 aromatic carbocycles. The summed E-state index contributed by atoms with van der Waals surface area (Å²) in [5.41, 5.74) is 2.90. The normalized spacial score (nSPS) is 10.8. The van der Waals surface area contributed by atoms with Gasteiger partial charge in [0.25, 0.3) is 5.91 Å². The lowest BCUT2D eigenvalue weighted by molar-refractivity contribution is 0.0954. The van der Waals surface area contributed by atoms with Gasteiger partial charge < -0.3 is 14.2 Å². The average Bonchev–Trinajstić information content (AvgIpc) is 2.56. The van der Waals surface area contributed by atoms with Crippen LogP contribution in [0.3, 0.4) is 0 Å². The number of hydrogen-bond donors (Lipinski definition) is 1. The fraction of sp³-hybridized carbons (Fsp3) is 0.500. The molecule has 0 aliphatic heterocycles. The Bertz CT molecular complexity index is 500. The number of amides is 1. The van der Waals surface area contributed by atoms with Crippen molar-refractivity contribution in [1.29, 1.82) is 0 Å². The Kier molecular flexibility index (Phi) is 7.22. The first-order valence-corrected chi connectivity index (χ1v) is 7.24. The van der Waals surface area contributed by atoms with Crippen LogP contribution in [0, 0.1) is 5.92 Å². The van der Waals surface area contributed by atoms with Crippen molar-refractivity contribution < 1.29 is 19.0 Å². The maximum absolute atomic E-state index is 12.2. The maximum Gasteiger partial charge on any atom is 0.271 e. The van der Waals surface area contributed by atoms with E-state index in [1.807, 2.05) is 0 Å². The highest BCUT2D eigenvalue weighted by molar-refractivity contribution is 5.95. The fourth-order valence-electron chi connectivity index (χ4n) is 1.98. The summed E-state index contributed by atoms with van der Waals surface area (Å²) in [6.45, 7) is 4.17. The van der Waals surface area contributed by atoms with Crippen LogP contribution >= 0.6 is 0 Å². The van der Waals surface area contributed by atoms with Gasteiger partial charge in [-0.15, -0.1) is 0 Å². The summed E-state index contributed by atoms with van der Waals surface area (Å²) in [6.07, 6.45) is 3.73. The SMILES string of the molecule is CCC(/C=N/NC(=O)c1cc(OC)c(OC)c(OC)c1)CC. The van der Waals surface area contributed by atoms with Gasteiger partial charge in [-0.1, -0.05) is 13.8 Å². The zero-order valence-corrected chi connectivity index (χ0v) is 13.8. The van der Waals surface area contributed by atoms with E-state index in [9.17, 15) is 4.79 Å². The van der Waals surface area contributed by atoms with Gasteiger partial charge in [0.15, 0.2) is 11.5 Å². The quantitative estimate of drug-likeness (QED) is 0.592. The van der Waals surface area contributed by atoms with Crippen LogP contribution in [0.4, 0.5) is 0 Å². The standard InChI is InChI=1S/C16H24N2O4/c1-6-11(7-2)10-17-18-16(19)12-8-13(20-3)15(22-5)14(9-12)21-4/h8-11H,6-7H2,1-5H3,(H,18,19)/b17-10+. The van der Waals surface area contributed by atoms with Gasteiger partial charge in [0, 0.05) is 11.8 Å². The van der Waals surface area contributed by atoms with E-state index in [0.717, 1.165) is 12.8 Å². The first-order valence-electron chi connectivity index (χ1n) is 7.24. The molecule has 0 saturated heterocycles. The molecule has 1 rings (SSSR count). The van der Waals surface area contributed by atoms with Crippen LogP contribution in [0.5, 0.6) is 17.2 Å². The Morgan fingerprint density at radius 1 is 1.14 bits per heavy atom. The summed E-state index contributed by atoms with van der Waals surface area (Å²) in [4.78, 5) is 12.2. The number of nitrogens with one attached hydrogen (secondary N) is 1. The van der Waals surface area contributed by atoms with Crippen molar-refractivity contribution in [3.8, 4) is 17.2 Å². The van der Waals surface area contributed by atoms with Crippen LogP contribution in [-0.4, -0.2) is 33.5 Å². The third-order valence-corrected chi connectivity index (χ3v) is 3.43. The van der Waals surface area contributed by atoms with Crippen LogP contribution < -0.4 is 19.6 Å². The predicted octanol–water partition coefficient (Wildman–Crippen LogP) is 2.86. The van der Waals surface area contributed by atoms with Gasteiger partial charge in [-0.05, 0) is 30.9 Å². The molecule has 0 unspecified atom stereocenters. The van der Waals surface area contributed by atoms with Crippen molar-refractivity contribution in [2.24, 2.45) is 11.0 Å². The fourth-order valence-corrected chi connectivity index (χ4v) is 1.98. The third-order valence-electron chi connectivity index (χ3n) is 3.43. The summed E-state index contributed by atoms with van der Waals surface area (Å²) < 4.78 is 15.7. The van der Waals surface area contributed by atoms with Crippen molar-refractivity contribution >= 4 is 12.1 Å². The Morgan fingerprint density at radius 3 is 2.09 bits per heavy atom. The van der Waals surface area contributed by atoms with E-state index in [1.54, 1.807) is 18.3 Å². The van der Waals surface area contributed by atoms with E-state index in [1.165, 1.54) is 21.3 Å². The molecule has 0 aromatic heterocycles. The molecule has 1 N–H and O–H groups in total. The smallest absolute Gasteiger partial charge is 0.271 e. The molecule has 0 radical (unpaired) electrons. The molecule has 0 saturated carbocycles. The number of nitrogens with zero attached hydrogens (tertiary/aromatic N) is 1. The second kappa shape index (κ2) is 8.92. The molecular formula is C16H24N2O4. The van der Waals surface area contributed by atoms with Crippen molar-refractivity contribution in [3.05, 3.63) is 17.7 Å². The largest absolute Gasteiger partial charge is 0.493 e. The highest BCUT2D eigenvalue weighted by Crippen LogP contribution is 2.38. The monoisotopic (exact) mass is 308 g/mol. The number of hydrogen-bond acceptors (Lipinski definition) is 5. The Morgan fingerprint density at radius 2 is 1.68 bits per heavy atom. The van der Waals surface area contributed by atoms with Gasteiger partial charge in [0.2, 0.25) is 5.75 Å². The molecule has 6 heteroatoms. The van der Waals surface area contributed by atoms with Crippen LogP contribution in [-0.2, 0) is 0 Å². The Hall–Kier alpha value is -2.24. The number of carbonyl (C=O) groups excluding carboxylic acids is 1. The number of carbonyl (C=O) groups is 1. The van der Waals surface area contributed by atoms with E-state index < -0.39 is 0 Å². The number of rotatable bonds is 8. The number of methoxy groups -OCH3 is 3. The van der Waals surface area contributed by atoms with Gasteiger partial charge in [-0.2, -0.15) is 5.10 Å². The minimum Gasteiger partial charge on any atom is -0.493 e. The van der Waals surface area contributed by atoms with Gasteiger partial charge in [-0.3, -0.25) is 4.79 Å². The predicted molar refractivity (Wildman–Crippen MR) is 86.1 cm³/mol. The molecule has 1 aromatic rings. The van der Waals surface area contributed by atoms with Gasteiger partial charge in [0.05, 0.1) is 21.3 Å². The maximum atomic E-state index is 12.2. The van der Waals surface area contributed by atoms with Crippen LogP contribution in [0.15, 0.2) is 17.2 Å². The summed E-state index contributed by atoms with van der Waals surface area (Å²) in [6, 6.07) is 3.17. The zero-order chi connectivity index (χ0) is 16.5. The first kappa shape index (κ1) is 17.8. The Balaban J connectivity index is 2.94. The first-order chi connectivity index (χ1) is 10.6. The Labute approximate surface area is 131 Å². The molecular weight excluding hydrogens is 284 g/mol. The van der Waals surface area contributed by atoms with Crippen LogP contribution in [0.2, 0.25) is 0 Å².